The van der Waals surface area contributed by atoms with Crippen molar-refractivity contribution in [1.29, 1.82) is 0 Å². The van der Waals surface area contributed by atoms with Gasteiger partial charge in [-0.2, -0.15) is 0 Å². The number of hydrogen-bond donors (Lipinski definition) is 1. The summed E-state index contributed by atoms with van der Waals surface area (Å²) in [6, 6.07) is 3.54. The molecule has 1 aromatic rings. The van der Waals surface area contributed by atoms with Crippen LogP contribution < -0.4 is 4.90 Å². The lowest BCUT2D eigenvalue weighted by molar-refractivity contribution is -0.117. The molecule has 0 saturated carbocycles. The van der Waals surface area contributed by atoms with Crippen LogP contribution in [-0.2, 0) is 4.79 Å². The molecule has 1 saturated heterocycles. The summed E-state index contributed by atoms with van der Waals surface area (Å²) in [5, 5.41) is 9.65. The van der Waals surface area contributed by atoms with Gasteiger partial charge < -0.3 is 10.0 Å². The molecule has 5 heteroatoms. The predicted octanol–water partition coefficient (Wildman–Crippen LogP) is 1.14. The van der Waals surface area contributed by atoms with E-state index in [-0.39, 0.29) is 12.3 Å². The summed E-state index contributed by atoms with van der Waals surface area (Å²) in [5.74, 6) is -0.116. The fraction of sp³-hybridized carbons (Fsp3) is 0.400. The number of amides is 1. The van der Waals surface area contributed by atoms with Crippen molar-refractivity contribution in [3.05, 3.63) is 23.0 Å². The zero-order valence-corrected chi connectivity index (χ0v) is 9.03. The fourth-order valence-corrected chi connectivity index (χ4v) is 1.94. The Kier molecular flexibility index (Phi) is 2.63. The number of aliphatic hydroxyl groups excluding tert-OH is 1. The van der Waals surface area contributed by atoms with Gasteiger partial charge in [-0.05, 0) is 19.1 Å². The summed E-state index contributed by atoms with van der Waals surface area (Å²) < 4.78 is 0. The van der Waals surface area contributed by atoms with Crippen LogP contribution in [0, 0.1) is 6.92 Å². The molecule has 1 aliphatic heterocycles. The maximum absolute atomic E-state index is 11.5. The molecule has 1 aliphatic rings. The molecule has 0 bridgehead atoms. The highest BCUT2D eigenvalue weighted by Crippen LogP contribution is 2.27. The van der Waals surface area contributed by atoms with Crippen molar-refractivity contribution in [3.63, 3.8) is 0 Å². The first kappa shape index (κ1) is 10.4. The quantitative estimate of drug-likeness (QED) is 0.731. The van der Waals surface area contributed by atoms with E-state index in [2.05, 4.69) is 4.98 Å². The van der Waals surface area contributed by atoms with E-state index in [4.69, 9.17) is 11.6 Å². The van der Waals surface area contributed by atoms with E-state index in [1.54, 1.807) is 12.1 Å². The average Bonchev–Trinajstić information content (AvgIpc) is 2.45. The van der Waals surface area contributed by atoms with Crippen molar-refractivity contribution in [2.45, 2.75) is 19.4 Å². The third kappa shape index (κ3) is 1.96. The third-order valence-electron chi connectivity index (χ3n) is 2.36. The van der Waals surface area contributed by atoms with E-state index in [0.29, 0.717) is 17.4 Å². The highest BCUT2D eigenvalue weighted by molar-refractivity contribution is 6.32. The van der Waals surface area contributed by atoms with Gasteiger partial charge in [-0.1, -0.05) is 11.6 Å². The SMILES string of the molecule is Cc1ccc(N2CC(O)CC2=O)c(Cl)n1. The monoisotopic (exact) mass is 226 g/mol. The number of aromatic nitrogens is 1. The first-order valence-corrected chi connectivity index (χ1v) is 5.07. The number of nitrogens with zero attached hydrogens (tertiary/aromatic N) is 2. The highest BCUT2D eigenvalue weighted by atomic mass is 35.5. The molecule has 0 radical (unpaired) electrons. The van der Waals surface area contributed by atoms with Gasteiger partial charge >= 0.3 is 0 Å². The maximum Gasteiger partial charge on any atom is 0.229 e. The first-order valence-electron chi connectivity index (χ1n) is 4.69. The van der Waals surface area contributed by atoms with E-state index in [1.165, 1.54) is 4.90 Å². The number of pyridine rings is 1. The Balaban J connectivity index is 2.34. The number of halogens is 1. The van der Waals surface area contributed by atoms with E-state index in [1.807, 2.05) is 6.92 Å². The van der Waals surface area contributed by atoms with E-state index < -0.39 is 6.10 Å². The molecule has 0 aromatic carbocycles. The summed E-state index contributed by atoms with van der Waals surface area (Å²) in [4.78, 5) is 17.0. The Bertz CT molecular complexity index is 408. The smallest absolute Gasteiger partial charge is 0.229 e. The van der Waals surface area contributed by atoms with E-state index in [9.17, 15) is 9.90 Å². The zero-order chi connectivity index (χ0) is 11.0. The number of hydrogen-bond acceptors (Lipinski definition) is 3. The lowest BCUT2D eigenvalue weighted by Gasteiger charge is -2.16. The number of aryl methyl sites for hydroxylation is 1. The Labute approximate surface area is 92.5 Å². The van der Waals surface area contributed by atoms with Crippen molar-refractivity contribution in [3.8, 4) is 0 Å². The molecule has 1 N–H and O–H groups in total. The lowest BCUT2D eigenvalue weighted by Crippen LogP contribution is -2.25. The normalized spacial score (nSPS) is 21.1. The Morgan fingerprint density at radius 2 is 2.33 bits per heavy atom. The number of anilines is 1. The molecule has 15 heavy (non-hydrogen) atoms. The zero-order valence-electron chi connectivity index (χ0n) is 8.27. The maximum atomic E-state index is 11.5. The summed E-state index contributed by atoms with van der Waals surface area (Å²) in [6.45, 7) is 2.12. The molecule has 1 fully saturated rings. The average molecular weight is 227 g/mol. The van der Waals surface area contributed by atoms with Gasteiger partial charge in [0.05, 0.1) is 24.8 Å². The van der Waals surface area contributed by atoms with Gasteiger partial charge in [-0.3, -0.25) is 4.79 Å². The molecule has 2 heterocycles. The van der Waals surface area contributed by atoms with Crippen LogP contribution in [0.2, 0.25) is 5.15 Å². The molecule has 1 atom stereocenters. The van der Waals surface area contributed by atoms with Gasteiger partial charge in [0.2, 0.25) is 5.91 Å². The Morgan fingerprint density at radius 3 is 2.87 bits per heavy atom. The van der Waals surface area contributed by atoms with Gasteiger partial charge in [0.1, 0.15) is 0 Å². The molecule has 0 aliphatic carbocycles. The van der Waals surface area contributed by atoms with E-state index >= 15 is 0 Å². The van der Waals surface area contributed by atoms with Gasteiger partial charge in [-0.15, -0.1) is 0 Å². The van der Waals surface area contributed by atoms with Crippen LogP contribution in [0.3, 0.4) is 0 Å². The minimum atomic E-state index is -0.602. The molecule has 1 amide bonds. The van der Waals surface area contributed by atoms with Crippen LogP contribution in [0.4, 0.5) is 5.69 Å². The number of β-amino-alcohol motifs (C(OH)–C–C–N with tert-alkyl or cyclic N) is 1. The largest absolute Gasteiger partial charge is 0.391 e. The summed E-state index contributed by atoms with van der Waals surface area (Å²) in [5.41, 5.74) is 1.37. The van der Waals surface area contributed by atoms with E-state index in [0.717, 1.165) is 5.69 Å². The van der Waals surface area contributed by atoms with Gasteiger partial charge in [0.25, 0.3) is 0 Å². The van der Waals surface area contributed by atoms with Crippen molar-refractivity contribution < 1.29 is 9.90 Å². The number of carbonyl (C=O) groups excluding carboxylic acids is 1. The highest BCUT2D eigenvalue weighted by Gasteiger charge is 2.30. The number of rotatable bonds is 1. The van der Waals surface area contributed by atoms with Crippen LogP contribution in [0.1, 0.15) is 12.1 Å². The van der Waals surface area contributed by atoms with Crippen molar-refractivity contribution in [1.82, 2.24) is 4.98 Å². The first-order chi connectivity index (χ1) is 7.08. The minimum absolute atomic E-state index is 0.116. The van der Waals surface area contributed by atoms with Crippen LogP contribution in [0.5, 0.6) is 0 Å². The molecule has 2 rings (SSSR count). The standard InChI is InChI=1S/C10H11ClN2O2/c1-6-2-3-8(10(11)12-6)13-5-7(14)4-9(13)15/h2-3,7,14H,4-5H2,1H3. The second-order valence-electron chi connectivity index (χ2n) is 3.62. The predicted molar refractivity (Wildman–Crippen MR) is 57.0 cm³/mol. The number of aliphatic hydroxyl groups is 1. The minimum Gasteiger partial charge on any atom is -0.391 e. The molecule has 4 nitrogen and oxygen atoms in total. The van der Waals surface area contributed by atoms with Crippen molar-refractivity contribution in [2.75, 3.05) is 11.4 Å². The fourth-order valence-electron chi connectivity index (χ4n) is 1.64. The van der Waals surface area contributed by atoms with Gasteiger partial charge in [0.15, 0.2) is 5.15 Å². The molecule has 80 valence electrons. The molecule has 1 aromatic heterocycles. The van der Waals surface area contributed by atoms with Crippen molar-refractivity contribution >= 4 is 23.2 Å². The third-order valence-corrected chi connectivity index (χ3v) is 2.64. The molecular weight excluding hydrogens is 216 g/mol. The molecule has 0 spiro atoms. The van der Waals surface area contributed by atoms with Crippen LogP contribution in [0.25, 0.3) is 0 Å². The van der Waals surface area contributed by atoms with Crippen LogP contribution in [-0.4, -0.2) is 28.6 Å². The molecule has 1 unspecified atom stereocenters. The summed E-state index contributed by atoms with van der Waals surface area (Å²) >= 11 is 5.94. The Hall–Kier alpha value is -1.13. The second kappa shape index (κ2) is 3.79. The van der Waals surface area contributed by atoms with Gasteiger partial charge in [0, 0.05) is 5.69 Å². The van der Waals surface area contributed by atoms with Crippen LogP contribution in [0.15, 0.2) is 12.1 Å². The van der Waals surface area contributed by atoms with Crippen molar-refractivity contribution in [2.24, 2.45) is 0 Å². The molecular formula is C10H11ClN2O2. The number of carbonyl (C=O) groups is 1. The topological polar surface area (TPSA) is 53.4 Å². The summed E-state index contributed by atoms with van der Waals surface area (Å²) in [7, 11) is 0. The summed E-state index contributed by atoms with van der Waals surface area (Å²) in [6.07, 6.45) is -0.445. The second-order valence-corrected chi connectivity index (χ2v) is 3.98. The van der Waals surface area contributed by atoms with Crippen LogP contribution >= 0.6 is 11.6 Å². The van der Waals surface area contributed by atoms with Gasteiger partial charge in [-0.25, -0.2) is 4.98 Å². The lowest BCUT2D eigenvalue weighted by atomic mass is 10.3. The Morgan fingerprint density at radius 1 is 1.60 bits per heavy atom.